The van der Waals surface area contributed by atoms with Gasteiger partial charge in [0.15, 0.2) is 0 Å². The third kappa shape index (κ3) is 4.87. The Hall–Kier alpha value is -3.10. The molecule has 2 atom stereocenters. The van der Waals surface area contributed by atoms with E-state index in [2.05, 4.69) is 10.6 Å². The highest BCUT2D eigenvalue weighted by atomic mass is 35.5. The molecule has 32 heavy (non-hydrogen) atoms. The van der Waals surface area contributed by atoms with Gasteiger partial charge in [0.25, 0.3) is 5.91 Å². The first kappa shape index (κ1) is 22.1. The fourth-order valence-electron chi connectivity index (χ4n) is 3.94. The number of anilines is 3. The molecule has 4 amide bonds. The van der Waals surface area contributed by atoms with Crippen LogP contribution in [0.1, 0.15) is 19.8 Å². The summed E-state index contributed by atoms with van der Waals surface area (Å²) < 4.78 is 5.36. The number of likely N-dealkylation sites (tertiary alicyclic amines) is 1. The first-order valence-electron chi connectivity index (χ1n) is 10.6. The van der Waals surface area contributed by atoms with E-state index in [1.54, 1.807) is 65.3 Å². The van der Waals surface area contributed by atoms with Crippen LogP contribution >= 0.6 is 11.6 Å². The molecule has 2 aliphatic rings. The zero-order chi connectivity index (χ0) is 22.7. The Morgan fingerprint density at radius 3 is 2.38 bits per heavy atom. The number of hydrogen-bond donors (Lipinski definition) is 2. The summed E-state index contributed by atoms with van der Waals surface area (Å²) in [5.41, 5.74) is 1.98. The van der Waals surface area contributed by atoms with Gasteiger partial charge in [-0.15, -0.1) is 0 Å². The van der Waals surface area contributed by atoms with E-state index in [-0.39, 0.29) is 17.8 Å². The van der Waals surface area contributed by atoms with Gasteiger partial charge < -0.3 is 25.2 Å². The van der Waals surface area contributed by atoms with Crippen molar-refractivity contribution in [3.05, 3.63) is 53.6 Å². The van der Waals surface area contributed by atoms with Crippen molar-refractivity contribution in [1.82, 2.24) is 4.90 Å². The van der Waals surface area contributed by atoms with E-state index in [1.807, 2.05) is 0 Å². The number of amides is 4. The van der Waals surface area contributed by atoms with Crippen molar-refractivity contribution in [1.29, 1.82) is 0 Å². The second-order valence-electron chi connectivity index (χ2n) is 7.83. The van der Waals surface area contributed by atoms with Crippen LogP contribution in [-0.4, -0.2) is 54.6 Å². The van der Waals surface area contributed by atoms with Gasteiger partial charge >= 0.3 is 6.03 Å². The molecule has 2 aromatic rings. The molecule has 0 unspecified atom stereocenters. The summed E-state index contributed by atoms with van der Waals surface area (Å²) in [4.78, 5) is 41.1. The standard InChI is InChI=1S/C23H25ClN4O4/c1-15-22(30)27(13-14-32-15)19-10-8-17(9-11-19)25-21(29)20-3-2-12-28(20)23(31)26-18-6-4-16(24)5-7-18/h4-11,15,20H,2-3,12-14H2,1H3,(H,25,29)(H,26,31)/t15-,20+/m0/s1. The van der Waals surface area contributed by atoms with Crippen molar-refractivity contribution in [2.24, 2.45) is 0 Å². The molecule has 0 spiro atoms. The minimum Gasteiger partial charge on any atom is -0.367 e. The van der Waals surface area contributed by atoms with Gasteiger partial charge in [-0.25, -0.2) is 4.79 Å². The Bertz CT molecular complexity index is 996. The maximum absolute atomic E-state index is 12.9. The first-order chi connectivity index (χ1) is 15.4. The quantitative estimate of drug-likeness (QED) is 0.733. The van der Waals surface area contributed by atoms with Gasteiger partial charge in [-0.3, -0.25) is 9.59 Å². The van der Waals surface area contributed by atoms with E-state index in [1.165, 1.54) is 0 Å². The molecule has 2 aromatic carbocycles. The second kappa shape index (κ2) is 9.58. The summed E-state index contributed by atoms with van der Waals surface area (Å²) in [5.74, 6) is -0.320. The lowest BCUT2D eigenvalue weighted by Crippen LogP contribution is -2.46. The topological polar surface area (TPSA) is 91.0 Å². The van der Waals surface area contributed by atoms with Gasteiger partial charge in [-0.05, 0) is 68.3 Å². The van der Waals surface area contributed by atoms with E-state index < -0.39 is 12.1 Å². The molecule has 0 aromatic heterocycles. The summed E-state index contributed by atoms with van der Waals surface area (Å²) in [6.45, 7) is 3.23. The number of carbonyl (C=O) groups excluding carboxylic acids is 3. The smallest absolute Gasteiger partial charge is 0.322 e. The van der Waals surface area contributed by atoms with E-state index in [4.69, 9.17) is 16.3 Å². The number of ether oxygens (including phenoxy) is 1. The molecule has 0 bridgehead atoms. The van der Waals surface area contributed by atoms with Gasteiger partial charge in [0.1, 0.15) is 12.1 Å². The number of nitrogens with one attached hydrogen (secondary N) is 2. The van der Waals surface area contributed by atoms with E-state index in [0.29, 0.717) is 42.5 Å². The molecule has 2 heterocycles. The number of carbonyl (C=O) groups is 3. The van der Waals surface area contributed by atoms with Crippen molar-refractivity contribution in [2.75, 3.05) is 35.2 Å². The maximum Gasteiger partial charge on any atom is 0.322 e. The van der Waals surface area contributed by atoms with Crippen LogP contribution in [0, 0.1) is 0 Å². The highest BCUT2D eigenvalue weighted by Crippen LogP contribution is 2.24. The highest BCUT2D eigenvalue weighted by molar-refractivity contribution is 6.30. The van der Waals surface area contributed by atoms with E-state index in [0.717, 1.165) is 12.1 Å². The molecule has 4 rings (SSSR count). The Morgan fingerprint density at radius 1 is 1.00 bits per heavy atom. The van der Waals surface area contributed by atoms with Crippen molar-refractivity contribution >= 4 is 46.5 Å². The molecule has 2 saturated heterocycles. The summed E-state index contributed by atoms with van der Waals surface area (Å²) >= 11 is 5.88. The van der Waals surface area contributed by atoms with Crippen LogP contribution < -0.4 is 15.5 Å². The van der Waals surface area contributed by atoms with Crippen LogP contribution in [0.3, 0.4) is 0 Å². The number of morpholine rings is 1. The van der Waals surface area contributed by atoms with Gasteiger partial charge in [0.2, 0.25) is 5.91 Å². The van der Waals surface area contributed by atoms with E-state index in [9.17, 15) is 14.4 Å². The fourth-order valence-corrected chi connectivity index (χ4v) is 4.07. The molecule has 2 aliphatic heterocycles. The van der Waals surface area contributed by atoms with Crippen LogP contribution in [0.15, 0.2) is 48.5 Å². The third-order valence-corrected chi connectivity index (χ3v) is 5.91. The number of benzene rings is 2. The molecule has 0 aliphatic carbocycles. The van der Waals surface area contributed by atoms with Gasteiger partial charge in [-0.2, -0.15) is 0 Å². The lowest BCUT2D eigenvalue weighted by molar-refractivity contribution is -0.132. The fraction of sp³-hybridized carbons (Fsp3) is 0.348. The average Bonchev–Trinajstić information content (AvgIpc) is 3.28. The van der Waals surface area contributed by atoms with Crippen LogP contribution in [0.2, 0.25) is 5.02 Å². The van der Waals surface area contributed by atoms with Gasteiger partial charge in [-0.1, -0.05) is 11.6 Å². The minimum absolute atomic E-state index is 0.0821. The third-order valence-electron chi connectivity index (χ3n) is 5.65. The number of urea groups is 1. The highest BCUT2D eigenvalue weighted by Gasteiger charge is 2.34. The number of hydrogen-bond acceptors (Lipinski definition) is 4. The predicted molar refractivity (Wildman–Crippen MR) is 123 cm³/mol. The van der Waals surface area contributed by atoms with Crippen molar-refractivity contribution in [3.8, 4) is 0 Å². The molecule has 0 saturated carbocycles. The maximum atomic E-state index is 12.9. The molecule has 168 valence electrons. The number of rotatable bonds is 4. The summed E-state index contributed by atoms with van der Waals surface area (Å²) in [6.07, 6.45) is 0.885. The Labute approximate surface area is 191 Å². The largest absolute Gasteiger partial charge is 0.367 e. The summed E-state index contributed by atoms with van der Waals surface area (Å²) in [7, 11) is 0. The lowest BCUT2D eigenvalue weighted by Gasteiger charge is -2.31. The number of halogens is 1. The summed E-state index contributed by atoms with van der Waals surface area (Å²) in [5, 5.41) is 6.28. The number of nitrogens with zero attached hydrogens (tertiary/aromatic N) is 2. The van der Waals surface area contributed by atoms with Crippen molar-refractivity contribution in [3.63, 3.8) is 0 Å². The van der Waals surface area contributed by atoms with Crippen LogP contribution in [-0.2, 0) is 14.3 Å². The zero-order valence-corrected chi connectivity index (χ0v) is 18.5. The lowest BCUT2D eigenvalue weighted by atomic mass is 10.2. The Morgan fingerprint density at radius 2 is 1.66 bits per heavy atom. The van der Waals surface area contributed by atoms with Crippen molar-refractivity contribution < 1.29 is 19.1 Å². The Balaban J connectivity index is 1.37. The second-order valence-corrected chi connectivity index (χ2v) is 8.26. The molecule has 2 fully saturated rings. The molecule has 8 nitrogen and oxygen atoms in total. The Kier molecular flexibility index (Phi) is 6.62. The first-order valence-corrected chi connectivity index (χ1v) is 11.0. The molecular formula is C23H25ClN4O4. The molecule has 0 radical (unpaired) electrons. The SMILES string of the molecule is C[C@@H]1OCCN(c2ccc(NC(=O)[C@H]3CCCN3C(=O)Nc3ccc(Cl)cc3)cc2)C1=O. The zero-order valence-electron chi connectivity index (χ0n) is 17.7. The molecule has 2 N–H and O–H groups in total. The predicted octanol–water partition coefficient (Wildman–Crippen LogP) is 3.73. The van der Waals surface area contributed by atoms with Crippen molar-refractivity contribution in [2.45, 2.75) is 31.9 Å². The average molecular weight is 457 g/mol. The monoisotopic (exact) mass is 456 g/mol. The van der Waals surface area contributed by atoms with Crippen LogP contribution in [0.4, 0.5) is 21.9 Å². The molecular weight excluding hydrogens is 432 g/mol. The normalized spacial score (nSPS) is 20.9. The van der Waals surface area contributed by atoms with Crippen LogP contribution in [0.25, 0.3) is 0 Å². The van der Waals surface area contributed by atoms with E-state index >= 15 is 0 Å². The van der Waals surface area contributed by atoms with Crippen LogP contribution in [0.5, 0.6) is 0 Å². The van der Waals surface area contributed by atoms with Gasteiger partial charge in [0.05, 0.1) is 6.61 Å². The molecule has 9 heteroatoms. The minimum atomic E-state index is -0.552. The van der Waals surface area contributed by atoms with Gasteiger partial charge in [0, 0.05) is 35.2 Å². The summed E-state index contributed by atoms with van der Waals surface area (Å²) in [6, 6.07) is 13.1.